The van der Waals surface area contributed by atoms with Crippen molar-refractivity contribution < 1.29 is 9.15 Å². The van der Waals surface area contributed by atoms with Gasteiger partial charge in [0, 0.05) is 21.8 Å². The van der Waals surface area contributed by atoms with Crippen molar-refractivity contribution in [2.24, 2.45) is 0 Å². The number of ether oxygens (including phenoxy) is 1. The quantitative estimate of drug-likeness (QED) is 0.333. The van der Waals surface area contributed by atoms with Gasteiger partial charge in [-0.15, -0.1) is 0 Å². The molecule has 3 nitrogen and oxygen atoms in total. The van der Waals surface area contributed by atoms with E-state index in [0.29, 0.717) is 0 Å². The first kappa shape index (κ1) is 17.1. The summed E-state index contributed by atoms with van der Waals surface area (Å²) in [5.41, 5.74) is 3.17. The largest absolute Gasteiger partial charge is 0.494 e. The monoisotopic (exact) mass is 365 g/mol. The Morgan fingerprint density at radius 1 is 0.962 bits per heavy atom. The Hall–Kier alpha value is -2.33. The van der Waals surface area contributed by atoms with E-state index < -0.39 is 0 Å². The van der Waals surface area contributed by atoms with Crippen LogP contribution < -0.4 is 4.74 Å². The molecule has 4 heteroatoms. The third kappa shape index (κ3) is 3.75. The van der Waals surface area contributed by atoms with Gasteiger partial charge >= 0.3 is 0 Å². The van der Waals surface area contributed by atoms with E-state index in [1.165, 1.54) is 29.7 Å². The molecule has 0 fully saturated rings. The molecule has 0 spiro atoms. The van der Waals surface area contributed by atoms with Gasteiger partial charge in [-0.2, -0.15) is 0 Å². The van der Waals surface area contributed by atoms with Gasteiger partial charge in [0.05, 0.1) is 6.61 Å². The van der Waals surface area contributed by atoms with Crippen molar-refractivity contribution in [3.63, 3.8) is 0 Å². The van der Waals surface area contributed by atoms with Crippen LogP contribution in [0.4, 0.5) is 0 Å². The number of para-hydroxylation sites is 1. The number of aromatic nitrogens is 1. The lowest BCUT2D eigenvalue weighted by molar-refractivity contribution is 0.305. The molecule has 0 bridgehead atoms. The van der Waals surface area contributed by atoms with Crippen molar-refractivity contribution in [3.05, 3.63) is 59.1 Å². The second kappa shape index (κ2) is 7.92. The lowest BCUT2D eigenvalue weighted by atomic mass is 10.1. The summed E-state index contributed by atoms with van der Waals surface area (Å²) >= 11 is 1.64. The number of nitrogens with zero attached hydrogens (tertiary/aromatic N) is 1. The van der Waals surface area contributed by atoms with E-state index in [4.69, 9.17) is 9.15 Å². The molecule has 0 aliphatic carbocycles. The zero-order chi connectivity index (χ0) is 17.8. The zero-order valence-electron chi connectivity index (χ0n) is 15.0. The molecule has 0 unspecified atom stereocenters. The number of benzene rings is 2. The molecular formula is C22H23NO2S. The number of aryl methyl sites for hydroxylation is 2. The molecular weight excluding hydrogens is 342 g/mol. The minimum atomic E-state index is 0.765. The van der Waals surface area contributed by atoms with Gasteiger partial charge in [-0.3, -0.25) is 0 Å². The Kier molecular flexibility index (Phi) is 5.21. The van der Waals surface area contributed by atoms with Crippen molar-refractivity contribution in [3.8, 4) is 5.75 Å². The Morgan fingerprint density at radius 2 is 1.81 bits per heavy atom. The maximum Gasteiger partial charge on any atom is 0.135 e. The number of hydrogen-bond acceptors (Lipinski definition) is 4. The van der Waals surface area contributed by atoms with Crippen LogP contribution in [0, 0.1) is 6.92 Å². The predicted octanol–water partition coefficient (Wildman–Crippen LogP) is 6.53. The second-order valence-corrected chi connectivity index (χ2v) is 7.59. The molecule has 0 radical (unpaired) electrons. The Balaban J connectivity index is 1.24. The van der Waals surface area contributed by atoms with Crippen LogP contribution in [-0.2, 0) is 6.42 Å². The third-order valence-electron chi connectivity index (χ3n) is 4.76. The average molecular weight is 365 g/mol. The van der Waals surface area contributed by atoms with Crippen LogP contribution in [0.2, 0.25) is 0 Å². The van der Waals surface area contributed by atoms with Crippen LogP contribution in [-0.4, -0.2) is 11.0 Å². The summed E-state index contributed by atoms with van der Waals surface area (Å²) in [5.74, 6) is 0.921. The summed E-state index contributed by atoms with van der Waals surface area (Å²) in [6, 6.07) is 14.2. The van der Waals surface area contributed by atoms with Gasteiger partial charge in [0.25, 0.3) is 0 Å². The molecule has 26 heavy (non-hydrogen) atoms. The van der Waals surface area contributed by atoms with Gasteiger partial charge in [-0.25, -0.2) is 4.37 Å². The van der Waals surface area contributed by atoms with Crippen molar-refractivity contribution in [1.29, 1.82) is 0 Å². The highest BCUT2D eigenvalue weighted by atomic mass is 32.1. The molecule has 0 N–H and O–H groups in total. The number of fused-ring (bicyclic) bond motifs is 3. The Labute approximate surface area is 157 Å². The molecule has 0 saturated carbocycles. The van der Waals surface area contributed by atoms with E-state index in [9.17, 15) is 0 Å². The molecule has 2 heterocycles. The van der Waals surface area contributed by atoms with Crippen LogP contribution >= 0.6 is 11.5 Å². The molecule has 4 aromatic rings. The topological polar surface area (TPSA) is 35.3 Å². The average Bonchev–Trinajstić information content (AvgIpc) is 3.24. The van der Waals surface area contributed by atoms with Crippen LogP contribution in [0.15, 0.2) is 53.1 Å². The van der Waals surface area contributed by atoms with E-state index in [1.807, 2.05) is 36.5 Å². The van der Waals surface area contributed by atoms with E-state index >= 15 is 0 Å². The van der Waals surface area contributed by atoms with Crippen molar-refractivity contribution >= 4 is 33.5 Å². The zero-order valence-corrected chi connectivity index (χ0v) is 15.8. The van der Waals surface area contributed by atoms with Gasteiger partial charge in [-0.05, 0) is 67.5 Å². The summed E-state index contributed by atoms with van der Waals surface area (Å²) in [6.07, 6.45) is 7.89. The first-order valence-corrected chi connectivity index (χ1v) is 10.0. The number of furan rings is 1. The molecule has 4 rings (SSSR count). The van der Waals surface area contributed by atoms with E-state index in [1.54, 1.807) is 11.5 Å². The fraction of sp³-hybridized carbons (Fsp3) is 0.318. The van der Waals surface area contributed by atoms with Gasteiger partial charge < -0.3 is 9.15 Å². The van der Waals surface area contributed by atoms with Crippen molar-refractivity contribution in [1.82, 2.24) is 4.37 Å². The molecule has 0 aliphatic rings. The first-order chi connectivity index (χ1) is 12.8. The van der Waals surface area contributed by atoms with Crippen LogP contribution in [0.3, 0.4) is 0 Å². The van der Waals surface area contributed by atoms with Gasteiger partial charge in [0.1, 0.15) is 16.9 Å². The fourth-order valence-electron chi connectivity index (χ4n) is 3.28. The van der Waals surface area contributed by atoms with E-state index in [0.717, 1.165) is 47.1 Å². The summed E-state index contributed by atoms with van der Waals surface area (Å²) in [6.45, 7) is 2.91. The molecule has 2 aromatic heterocycles. The maximum absolute atomic E-state index is 5.95. The van der Waals surface area contributed by atoms with Crippen LogP contribution in [0.25, 0.3) is 21.9 Å². The Bertz CT molecular complexity index is 1000. The summed E-state index contributed by atoms with van der Waals surface area (Å²) < 4.78 is 16.0. The lowest BCUT2D eigenvalue weighted by Gasteiger charge is -2.06. The van der Waals surface area contributed by atoms with Crippen LogP contribution in [0.1, 0.15) is 36.1 Å². The minimum absolute atomic E-state index is 0.765. The standard InChI is InChI=1S/C22H23NO2S/c1-16-15-23-26-22(16)10-4-2-3-7-13-24-17-11-12-21-19(14-17)18-8-5-6-9-20(18)25-21/h5-6,8-9,11-12,14-15H,2-4,7,10,13H2,1H3. The minimum Gasteiger partial charge on any atom is -0.494 e. The van der Waals surface area contributed by atoms with Crippen LogP contribution in [0.5, 0.6) is 5.75 Å². The fourth-order valence-corrected chi connectivity index (χ4v) is 4.05. The highest BCUT2D eigenvalue weighted by molar-refractivity contribution is 7.05. The lowest BCUT2D eigenvalue weighted by Crippen LogP contribution is -1.97. The van der Waals surface area contributed by atoms with Gasteiger partial charge in [-0.1, -0.05) is 31.0 Å². The van der Waals surface area contributed by atoms with Gasteiger partial charge in [0.2, 0.25) is 0 Å². The predicted molar refractivity (Wildman–Crippen MR) is 108 cm³/mol. The smallest absolute Gasteiger partial charge is 0.135 e. The Morgan fingerprint density at radius 3 is 2.69 bits per heavy atom. The molecule has 0 amide bonds. The van der Waals surface area contributed by atoms with Gasteiger partial charge in [0.15, 0.2) is 0 Å². The highest BCUT2D eigenvalue weighted by Gasteiger charge is 2.07. The first-order valence-electron chi connectivity index (χ1n) is 9.25. The molecule has 134 valence electrons. The molecule has 0 atom stereocenters. The third-order valence-corrected chi connectivity index (χ3v) is 5.72. The SMILES string of the molecule is Cc1cnsc1CCCCCCOc1ccc2oc3ccccc3c2c1. The second-order valence-electron chi connectivity index (χ2n) is 6.70. The number of hydrogen-bond donors (Lipinski definition) is 0. The summed E-state index contributed by atoms with van der Waals surface area (Å²) in [5, 5.41) is 2.27. The summed E-state index contributed by atoms with van der Waals surface area (Å²) in [7, 11) is 0. The van der Waals surface area contributed by atoms with E-state index in [2.05, 4.69) is 23.4 Å². The molecule has 2 aromatic carbocycles. The van der Waals surface area contributed by atoms with Crippen molar-refractivity contribution in [2.75, 3.05) is 6.61 Å². The molecule has 0 saturated heterocycles. The number of unbranched alkanes of at least 4 members (excludes halogenated alkanes) is 3. The van der Waals surface area contributed by atoms with Crippen molar-refractivity contribution in [2.45, 2.75) is 39.0 Å². The number of rotatable bonds is 8. The molecule has 0 aliphatic heterocycles. The van der Waals surface area contributed by atoms with E-state index in [-0.39, 0.29) is 0 Å². The highest BCUT2D eigenvalue weighted by Crippen LogP contribution is 2.31. The maximum atomic E-state index is 5.95. The summed E-state index contributed by atoms with van der Waals surface area (Å²) in [4.78, 5) is 1.43. The normalized spacial score (nSPS) is 11.4.